The lowest BCUT2D eigenvalue weighted by Gasteiger charge is -2.25. The van der Waals surface area contributed by atoms with Crippen molar-refractivity contribution in [2.75, 3.05) is 23.4 Å². The van der Waals surface area contributed by atoms with E-state index in [0.717, 1.165) is 12.2 Å². The predicted molar refractivity (Wildman–Crippen MR) is 111 cm³/mol. The van der Waals surface area contributed by atoms with Gasteiger partial charge in [-0.25, -0.2) is 9.97 Å². The summed E-state index contributed by atoms with van der Waals surface area (Å²) in [7, 11) is 0. The summed E-state index contributed by atoms with van der Waals surface area (Å²) >= 11 is 7.77. The fraction of sp³-hybridized carbons (Fsp3) is 0.737. The number of anilines is 2. The Kier molecular flexibility index (Phi) is 5.38. The quantitative estimate of drug-likeness (QED) is 0.285. The van der Waals surface area contributed by atoms with Gasteiger partial charge in [0.15, 0.2) is 21.9 Å². The smallest absolute Gasteiger partial charge is 0.315 e. The number of nitrogens with one attached hydrogen (secondary N) is 1. The average molecular weight is 443 g/mol. The average Bonchev–Trinajstić information content (AvgIpc) is 3.25. The second-order valence-corrected chi connectivity index (χ2v) is 9.59. The van der Waals surface area contributed by atoms with E-state index in [1.807, 2.05) is 20.8 Å². The SMILES string of the molecule is CCCSc1nc(Cl)c(N)c(N[C@H]2[C@@H]3OC(C)(C)O[C@@H]3[C@@]3(C(=O)OCC)C[C@H]23)n1. The van der Waals surface area contributed by atoms with Gasteiger partial charge in [-0.2, -0.15) is 0 Å². The van der Waals surface area contributed by atoms with Crippen molar-refractivity contribution in [2.24, 2.45) is 11.3 Å². The van der Waals surface area contributed by atoms with Crippen LogP contribution in [0, 0.1) is 11.3 Å². The molecule has 1 aromatic rings. The van der Waals surface area contributed by atoms with Crippen LogP contribution in [0.2, 0.25) is 5.15 Å². The monoisotopic (exact) mass is 442 g/mol. The van der Waals surface area contributed by atoms with E-state index in [4.69, 9.17) is 31.5 Å². The molecule has 3 aliphatic rings. The molecule has 2 aliphatic carbocycles. The number of ether oxygens (including phenoxy) is 3. The van der Waals surface area contributed by atoms with E-state index in [1.54, 1.807) is 0 Å². The molecule has 0 aromatic carbocycles. The van der Waals surface area contributed by atoms with Crippen LogP contribution >= 0.6 is 23.4 Å². The normalized spacial score (nSPS) is 33.8. The summed E-state index contributed by atoms with van der Waals surface area (Å²) in [6.07, 6.45) is 0.995. The van der Waals surface area contributed by atoms with Crippen LogP contribution in [0.4, 0.5) is 11.5 Å². The molecular weight excluding hydrogens is 416 g/mol. The number of aromatic nitrogens is 2. The third-order valence-corrected chi connectivity index (χ3v) is 7.10. The van der Waals surface area contributed by atoms with Gasteiger partial charge >= 0.3 is 5.97 Å². The summed E-state index contributed by atoms with van der Waals surface area (Å²) in [4.78, 5) is 21.6. The number of thioether (sulfide) groups is 1. The van der Waals surface area contributed by atoms with E-state index >= 15 is 0 Å². The van der Waals surface area contributed by atoms with Crippen LogP contribution in [0.25, 0.3) is 0 Å². The lowest BCUT2D eigenvalue weighted by molar-refractivity contribution is -0.171. The van der Waals surface area contributed by atoms with Crippen molar-refractivity contribution in [1.29, 1.82) is 0 Å². The second-order valence-electron chi connectivity index (χ2n) is 8.17. The number of halogens is 1. The summed E-state index contributed by atoms with van der Waals surface area (Å²) in [5.41, 5.74) is 5.76. The zero-order valence-electron chi connectivity index (χ0n) is 17.0. The summed E-state index contributed by atoms with van der Waals surface area (Å²) in [6.45, 7) is 7.94. The van der Waals surface area contributed by atoms with E-state index in [0.29, 0.717) is 24.0 Å². The molecule has 1 saturated heterocycles. The maximum Gasteiger partial charge on any atom is 0.315 e. The molecule has 3 fully saturated rings. The zero-order valence-corrected chi connectivity index (χ0v) is 18.6. The van der Waals surface area contributed by atoms with Crippen molar-refractivity contribution >= 4 is 40.8 Å². The molecule has 1 aromatic heterocycles. The highest BCUT2D eigenvalue weighted by Gasteiger charge is 2.80. The molecular formula is C19H27ClN4O4S. The van der Waals surface area contributed by atoms with Crippen LogP contribution in [0.15, 0.2) is 5.16 Å². The van der Waals surface area contributed by atoms with Gasteiger partial charge in [-0.15, -0.1) is 0 Å². The van der Waals surface area contributed by atoms with E-state index in [1.165, 1.54) is 11.8 Å². The first-order chi connectivity index (χ1) is 13.7. The molecule has 5 atom stereocenters. The second kappa shape index (κ2) is 7.44. The number of carbonyl (C=O) groups excluding carboxylic acids is 1. The predicted octanol–water partition coefficient (Wildman–Crippen LogP) is 3.10. The molecule has 4 rings (SSSR count). The molecule has 10 heteroatoms. The topological polar surface area (TPSA) is 109 Å². The Balaban J connectivity index is 1.63. The van der Waals surface area contributed by atoms with Gasteiger partial charge in [0, 0.05) is 11.7 Å². The van der Waals surface area contributed by atoms with E-state index < -0.39 is 11.2 Å². The highest BCUT2D eigenvalue weighted by molar-refractivity contribution is 7.99. The molecule has 0 amide bonds. The molecule has 2 saturated carbocycles. The van der Waals surface area contributed by atoms with Crippen LogP contribution < -0.4 is 11.1 Å². The Bertz CT molecular complexity index is 826. The summed E-state index contributed by atoms with van der Waals surface area (Å²) in [6, 6.07) is -0.191. The van der Waals surface area contributed by atoms with Gasteiger partial charge in [0.25, 0.3) is 0 Å². The summed E-state index contributed by atoms with van der Waals surface area (Å²) in [5.74, 6) is 0.366. The van der Waals surface area contributed by atoms with Crippen molar-refractivity contribution in [3.05, 3.63) is 5.15 Å². The minimum atomic E-state index is -0.778. The maximum absolute atomic E-state index is 12.8. The van der Waals surface area contributed by atoms with E-state index in [2.05, 4.69) is 22.2 Å². The van der Waals surface area contributed by atoms with Crippen molar-refractivity contribution in [1.82, 2.24) is 9.97 Å². The Hall–Kier alpha value is -1.29. The first-order valence-electron chi connectivity index (χ1n) is 9.98. The highest BCUT2D eigenvalue weighted by atomic mass is 35.5. The minimum absolute atomic E-state index is 0.0209. The fourth-order valence-corrected chi connectivity index (χ4v) is 5.42. The maximum atomic E-state index is 12.8. The highest BCUT2D eigenvalue weighted by Crippen LogP contribution is 2.68. The molecule has 1 aliphatic heterocycles. The molecule has 29 heavy (non-hydrogen) atoms. The minimum Gasteiger partial charge on any atom is -0.465 e. The van der Waals surface area contributed by atoms with Crippen molar-refractivity contribution in [3.63, 3.8) is 0 Å². The first kappa shape index (κ1) is 21.0. The molecule has 8 nitrogen and oxygen atoms in total. The number of nitrogens with zero attached hydrogens (tertiary/aromatic N) is 2. The molecule has 3 N–H and O–H groups in total. The Morgan fingerprint density at radius 2 is 2.14 bits per heavy atom. The lowest BCUT2D eigenvalue weighted by Crippen LogP contribution is -2.39. The molecule has 0 radical (unpaired) electrons. The van der Waals surface area contributed by atoms with Crippen LogP contribution in [0.1, 0.15) is 40.5 Å². The third-order valence-electron chi connectivity index (χ3n) is 5.76. The van der Waals surface area contributed by atoms with Gasteiger partial charge in [0.1, 0.15) is 23.3 Å². The molecule has 0 spiro atoms. The Morgan fingerprint density at radius 1 is 1.38 bits per heavy atom. The number of esters is 1. The van der Waals surface area contributed by atoms with Crippen molar-refractivity contribution in [3.8, 4) is 0 Å². The standard InChI is InChI=1S/C19H27ClN4O4S/c1-5-7-29-17-23-14(20)10(21)15(24-17)22-11-9-8-19(9,16(25)26-6-2)13-12(11)27-18(3,4)28-13/h9,11-13H,5-8,21H2,1-4H3,(H,22,23,24)/t9-,11-,12+,13+,19-/m1/s1. The Morgan fingerprint density at radius 3 is 2.83 bits per heavy atom. The number of carbonyl (C=O) groups is 1. The van der Waals surface area contributed by atoms with Gasteiger partial charge in [-0.05, 0) is 33.6 Å². The fourth-order valence-electron chi connectivity index (χ4n) is 4.51. The van der Waals surface area contributed by atoms with Gasteiger partial charge < -0.3 is 25.3 Å². The molecule has 0 bridgehead atoms. The lowest BCUT2D eigenvalue weighted by atomic mass is 9.99. The van der Waals surface area contributed by atoms with Gasteiger partial charge in [0.05, 0.1) is 12.6 Å². The third kappa shape index (κ3) is 3.45. The van der Waals surface area contributed by atoms with Crippen molar-refractivity contribution < 1.29 is 19.0 Å². The van der Waals surface area contributed by atoms with Gasteiger partial charge in [-0.3, -0.25) is 4.79 Å². The molecule has 0 unspecified atom stereocenters. The van der Waals surface area contributed by atoms with Crippen LogP contribution in [-0.2, 0) is 19.0 Å². The van der Waals surface area contributed by atoms with Crippen LogP contribution in [0.3, 0.4) is 0 Å². The van der Waals surface area contributed by atoms with Crippen LogP contribution in [-0.4, -0.2) is 52.3 Å². The molecule has 160 valence electrons. The summed E-state index contributed by atoms with van der Waals surface area (Å²) < 4.78 is 17.7. The molecule has 2 heterocycles. The van der Waals surface area contributed by atoms with E-state index in [9.17, 15) is 4.79 Å². The first-order valence-corrected chi connectivity index (χ1v) is 11.3. The van der Waals surface area contributed by atoms with Gasteiger partial charge in [-0.1, -0.05) is 30.3 Å². The number of hydrogen-bond acceptors (Lipinski definition) is 9. The van der Waals surface area contributed by atoms with E-state index in [-0.39, 0.29) is 41.0 Å². The van der Waals surface area contributed by atoms with Gasteiger partial charge in [0.2, 0.25) is 0 Å². The van der Waals surface area contributed by atoms with Crippen LogP contribution in [0.5, 0.6) is 0 Å². The zero-order chi connectivity index (χ0) is 21.0. The number of nitrogens with two attached hydrogens (primary N) is 1. The van der Waals surface area contributed by atoms with Crippen molar-refractivity contribution in [2.45, 2.75) is 69.7 Å². The number of nitrogen functional groups attached to an aromatic ring is 1. The summed E-state index contributed by atoms with van der Waals surface area (Å²) in [5, 5.41) is 4.19. The largest absolute Gasteiger partial charge is 0.465 e. The number of rotatable bonds is 7. The Labute approximate surface area is 179 Å². The number of fused-ring (bicyclic) bond motifs is 3. The number of hydrogen-bond donors (Lipinski definition) is 2.